The second-order valence-electron chi connectivity index (χ2n) is 8.12. The highest BCUT2D eigenvalue weighted by Crippen LogP contribution is 2.47. The summed E-state index contributed by atoms with van der Waals surface area (Å²) in [6, 6.07) is 7.38. The third kappa shape index (κ3) is 3.96. The predicted molar refractivity (Wildman–Crippen MR) is 106 cm³/mol. The lowest BCUT2D eigenvalue weighted by Crippen LogP contribution is -2.38. The monoisotopic (exact) mass is 387 g/mol. The van der Waals surface area contributed by atoms with Gasteiger partial charge in [-0.1, -0.05) is 44.5 Å². The van der Waals surface area contributed by atoms with E-state index in [-0.39, 0.29) is 17.2 Å². The van der Waals surface area contributed by atoms with Gasteiger partial charge in [0, 0.05) is 34.3 Å². The fourth-order valence-corrected chi connectivity index (χ4v) is 4.20. The lowest BCUT2D eigenvalue weighted by atomic mass is 9.68. The lowest BCUT2D eigenvalue weighted by molar-refractivity contribution is -0.139. The third-order valence-electron chi connectivity index (χ3n) is 5.08. The Morgan fingerprint density at radius 2 is 2.07 bits per heavy atom. The molecule has 0 bridgehead atoms. The van der Waals surface area contributed by atoms with E-state index in [1.165, 1.54) is 0 Å². The largest absolute Gasteiger partial charge is 0.462 e. The summed E-state index contributed by atoms with van der Waals surface area (Å²) in [5.74, 6) is -0.754. The highest BCUT2D eigenvalue weighted by atomic mass is 35.5. The summed E-state index contributed by atoms with van der Waals surface area (Å²) in [6.07, 6.45) is 1.97. The van der Waals surface area contributed by atoms with E-state index >= 15 is 0 Å². The Hall–Kier alpha value is -2.07. The van der Waals surface area contributed by atoms with Crippen LogP contribution < -0.4 is 5.32 Å². The number of Topliss-reactive ketones (excluding diaryl/α,β-unsaturated/α-hetero) is 1. The molecule has 1 atom stereocenters. The van der Waals surface area contributed by atoms with Crippen molar-refractivity contribution < 1.29 is 14.3 Å². The number of dihydropyridines is 1. The van der Waals surface area contributed by atoms with Gasteiger partial charge in [0.15, 0.2) is 5.78 Å². The van der Waals surface area contributed by atoms with Crippen LogP contribution in [0.4, 0.5) is 0 Å². The number of ketones is 1. The maximum atomic E-state index is 13.1. The molecule has 0 saturated carbocycles. The standard InChI is InChI=1S/C22H26ClNO3/c1-5-9-27-21(26)18-13(2)24-16-11-22(3,4)12-17(25)20(16)19(18)14-7-6-8-15(23)10-14/h6-8,10,19,24H,5,9,11-12H2,1-4H3/t19-/m0/s1. The zero-order valence-corrected chi connectivity index (χ0v) is 17.1. The van der Waals surface area contributed by atoms with Gasteiger partial charge in [-0.3, -0.25) is 4.79 Å². The zero-order valence-electron chi connectivity index (χ0n) is 16.3. The van der Waals surface area contributed by atoms with Gasteiger partial charge in [-0.2, -0.15) is 0 Å². The van der Waals surface area contributed by atoms with Crippen LogP contribution in [0.1, 0.15) is 58.4 Å². The van der Waals surface area contributed by atoms with Crippen molar-refractivity contribution in [1.29, 1.82) is 0 Å². The number of hydrogen-bond acceptors (Lipinski definition) is 4. The lowest BCUT2D eigenvalue weighted by Gasteiger charge is -2.39. The molecule has 0 fully saturated rings. The molecule has 0 unspecified atom stereocenters. The number of allylic oxidation sites excluding steroid dienone is 3. The molecule has 0 saturated heterocycles. The van der Waals surface area contributed by atoms with E-state index in [1.54, 1.807) is 6.07 Å². The summed E-state index contributed by atoms with van der Waals surface area (Å²) < 4.78 is 5.44. The minimum absolute atomic E-state index is 0.0759. The number of rotatable bonds is 4. The highest BCUT2D eigenvalue weighted by Gasteiger charge is 2.43. The Kier molecular flexibility index (Phi) is 5.48. The average Bonchev–Trinajstić information content (AvgIpc) is 2.57. The SMILES string of the molecule is CCCOC(=O)C1=C(C)NC2=C(C(=O)CC(C)(C)C2)[C@H]1c1cccc(Cl)c1. The van der Waals surface area contributed by atoms with Gasteiger partial charge in [0.1, 0.15) is 0 Å². The molecule has 3 rings (SSSR count). The Labute approximate surface area is 165 Å². The summed E-state index contributed by atoms with van der Waals surface area (Å²) in [6.45, 7) is 8.36. The van der Waals surface area contributed by atoms with Crippen molar-refractivity contribution in [3.63, 3.8) is 0 Å². The molecule has 1 aliphatic carbocycles. The Morgan fingerprint density at radius 1 is 1.33 bits per heavy atom. The van der Waals surface area contributed by atoms with E-state index in [9.17, 15) is 9.59 Å². The number of ether oxygens (including phenoxy) is 1. The second-order valence-corrected chi connectivity index (χ2v) is 8.56. The summed E-state index contributed by atoms with van der Waals surface area (Å²) in [7, 11) is 0. The number of carbonyl (C=O) groups excluding carboxylic acids is 2. The van der Waals surface area contributed by atoms with Gasteiger partial charge in [-0.15, -0.1) is 0 Å². The molecule has 1 heterocycles. The van der Waals surface area contributed by atoms with Gasteiger partial charge in [0.2, 0.25) is 0 Å². The van der Waals surface area contributed by atoms with Crippen molar-refractivity contribution >= 4 is 23.4 Å². The molecule has 0 radical (unpaired) electrons. The molecule has 4 nitrogen and oxygen atoms in total. The van der Waals surface area contributed by atoms with Crippen LogP contribution in [0.2, 0.25) is 5.02 Å². The Morgan fingerprint density at radius 3 is 2.74 bits per heavy atom. The fraction of sp³-hybridized carbons (Fsp3) is 0.455. The van der Waals surface area contributed by atoms with E-state index in [1.807, 2.05) is 32.0 Å². The third-order valence-corrected chi connectivity index (χ3v) is 5.31. The molecule has 0 amide bonds. The first-order chi connectivity index (χ1) is 12.7. The van der Waals surface area contributed by atoms with Gasteiger partial charge >= 0.3 is 5.97 Å². The molecule has 2 aliphatic rings. The number of esters is 1. The minimum atomic E-state index is -0.451. The molecule has 27 heavy (non-hydrogen) atoms. The maximum Gasteiger partial charge on any atom is 0.336 e. The van der Waals surface area contributed by atoms with Crippen LogP contribution in [-0.4, -0.2) is 18.4 Å². The van der Waals surface area contributed by atoms with Crippen LogP contribution >= 0.6 is 11.6 Å². The first-order valence-electron chi connectivity index (χ1n) is 9.40. The summed E-state index contributed by atoms with van der Waals surface area (Å²) >= 11 is 6.22. The van der Waals surface area contributed by atoms with Gasteiger partial charge in [-0.25, -0.2) is 4.79 Å². The van der Waals surface area contributed by atoms with Gasteiger partial charge < -0.3 is 10.1 Å². The van der Waals surface area contributed by atoms with Crippen molar-refractivity contribution in [2.75, 3.05) is 6.61 Å². The average molecular weight is 388 g/mol. The fourth-order valence-electron chi connectivity index (χ4n) is 4.00. The van der Waals surface area contributed by atoms with E-state index < -0.39 is 5.92 Å². The van der Waals surface area contributed by atoms with Crippen molar-refractivity contribution in [2.24, 2.45) is 5.41 Å². The molecular weight excluding hydrogens is 362 g/mol. The van der Waals surface area contributed by atoms with Gasteiger partial charge in [-0.05, 0) is 42.9 Å². The van der Waals surface area contributed by atoms with Crippen molar-refractivity contribution in [2.45, 2.75) is 52.9 Å². The minimum Gasteiger partial charge on any atom is -0.462 e. The van der Waals surface area contributed by atoms with E-state index in [0.717, 1.165) is 29.8 Å². The van der Waals surface area contributed by atoms with E-state index in [0.29, 0.717) is 29.2 Å². The van der Waals surface area contributed by atoms with Crippen LogP contribution in [0.15, 0.2) is 46.8 Å². The van der Waals surface area contributed by atoms with Crippen LogP contribution in [0, 0.1) is 5.41 Å². The van der Waals surface area contributed by atoms with Gasteiger partial charge in [0.05, 0.1) is 12.2 Å². The molecule has 1 aliphatic heterocycles. The Balaban J connectivity index is 2.14. The molecule has 144 valence electrons. The predicted octanol–water partition coefficient (Wildman–Crippen LogP) is 4.90. The molecule has 1 aromatic rings. The van der Waals surface area contributed by atoms with Crippen LogP contribution in [0.3, 0.4) is 0 Å². The molecule has 0 spiro atoms. The van der Waals surface area contributed by atoms with Crippen LogP contribution in [0.5, 0.6) is 0 Å². The smallest absolute Gasteiger partial charge is 0.336 e. The normalized spacial score (nSPS) is 21.7. The van der Waals surface area contributed by atoms with E-state index in [2.05, 4.69) is 19.2 Å². The number of nitrogens with one attached hydrogen (secondary N) is 1. The summed E-state index contributed by atoms with van der Waals surface area (Å²) in [4.78, 5) is 26.0. The zero-order chi connectivity index (χ0) is 19.8. The Bertz CT molecular complexity index is 851. The topological polar surface area (TPSA) is 55.4 Å². The molecular formula is C22H26ClNO3. The first-order valence-corrected chi connectivity index (χ1v) is 9.78. The number of carbonyl (C=O) groups is 2. The second kappa shape index (κ2) is 7.51. The van der Waals surface area contributed by atoms with Crippen molar-refractivity contribution in [3.05, 3.63) is 57.4 Å². The molecule has 5 heteroatoms. The van der Waals surface area contributed by atoms with Gasteiger partial charge in [0.25, 0.3) is 0 Å². The van der Waals surface area contributed by atoms with Crippen LogP contribution in [-0.2, 0) is 14.3 Å². The quantitative estimate of drug-likeness (QED) is 0.747. The summed E-state index contributed by atoms with van der Waals surface area (Å²) in [5, 5.41) is 3.91. The van der Waals surface area contributed by atoms with Crippen LogP contribution in [0.25, 0.3) is 0 Å². The number of benzene rings is 1. The molecule has 1 N–H and O–H groups in total. The highest BCUT2D eigenvalue weighted by molar-refractivity contribution is 6.30. The maximum absolute atomic E-state index is 13.1. The molecule has 1 aromatic carbocycles. The van der Waals surface area contributed by atoms with Crippen molar-refractivity contribution in [3.8, 4) is 0 Å². The number of hydrogen-bond donors (Lipinski definition) is 1. The van der Waals surface area contributed by atoms with E-state index in [4.69, 9.17) is 16.3 Å². The summed E-state index contributed by atoms with van der Waals surface area (Å²) in [5.41, 5.74) is 3.55. The first kappa shape index (κ1) is 19.7. The number of halogens is 1. The van der Waals surface area contributed by atoms with Crippen molar-refractivity contribution in [1.82, 2.24) is 5.32 Å². The molecule has 0 aromatic heterocycles.